The maximum absolute atomic E-state index is 10.2. The minimum absolute atomic E-state index is 0.195. The van der Waals surface area contributed by atoms with Gasteiger partial charge in [-0.3, -0.25) is 9.59 Å². The van der Waals surface area contributed by atoms with Crippen molar-refractivity contribution in [1.82, 2.24) is 0 Å². The maximum Gasteiger partial charge on any atom is 0.320 e. The van der Waals surface area contributed by atoms with Gasteiger partial charge in [-0.25, -0.2) is 0 Å². The van der Waals surface area contributed by atoms with Crippen LogP contribution < -0.4 is 11.5 Å². The molecule has 0 aromatic heterocycles. The van der Waals surface area contributed by atoms with Crippen molar-refractivity contribution in [3.8, 4) is 0 Å². The van der Waals surface area contributed by atoms with Gasteiger partial charge in [0.2, 0.25) is 5.91 Å². The Bertz CT molecular complexity index is 158. The van der Waals surface area contributed by atoms with E-state index in [1.54, 1.807) is 0 Å². The van der Waals surface area contributed by atoms with Gasteiger partial charge in [-0.1, -0.05) is 0 Å². The molecule has 0 aliphatic carbocycles. The van der Waals surface area contributed by atoms with Crippen LogP contribution in [0.5, 0.6) is 0 Å². The molecule has 0 radical (unpaired) electrons. The van der Waals surface area contributed by atoms with E-state index in [0.717, 1.165) is 0 Å². The largest absolute Gasteiger partial charge is 0.480 e. The van der Waals surface area contributed by atoms with Gasteiger partial charge in [0, 0.05) is 6.42 Å². The summed E-state index contributed by atoms with van der Waals surface area (Å²) in [7, 11) is 0. The van der Waals surface area contributed by atoms with Crippen molar-refractivity contribution >= 4 is 11.9 Å². The molecule has 0 aromatic rings. The van der Waals surface area contributed by atoms with E-state index >= 15 is 0 Å². The number of hydrogen-bond acceptors (Lipinski definition) is 3. The van der Waals surface area contributed by atoms with E-state index in [1.807, 2.05) is 0 Å². The molecule has 0 fully saturated rings. The van der Waals surface area contributed by atoms with E-state index in [-0.39, 0.29) is 12.8 Å². The minimum Gasteiger partial charge on any atom is -0.480 e. The number of amides is 1. The van der Waals surface area contributed by atoms with Crippen LogP contribution in [0.25, 0.3) is 0 Å². The monoisotopic (exact) mass is 160 g/mol. The number of primary amides is 1. The molecule has 0 aliphatic heterocycles. The first-order chi connectivity index (χ1) is 5.04. The van der Waals surface area contributed by atoms with Crippen LogP contribution >= 0.6 is 0 Å². The summed E-state index contributed by atoms with van der Waals surface area (Å²) in [6, 6.07) is -0.880. The number of carboxylic acids is 1. The molecule has 0 saturated carbocycles. The standard InChI is InChI=1S/C6H12N2O3/c7-4(6(10)11)2-1-3-5(8)9/h4H,1-3,7H2,(H2,8,9)(H,10,11)/t4-/m1/s1. The summed E-state index contributed by atoms with van der Waals surface area (Å²) >= 11 is 0. The van der Waals surface area contributed by atoms with Gasteiger partial charge in [0.15, 0.2) is 0 Å². The fourth-order valence-corrected chi connectivity index (χ4v) is 0.620. The van der Waals surface area contributed by atoms with E-state index in [4.69, 9.17) is 16.6 Å². The van der Waals surface area contributed by atoms with E-state index in [9.17, 15) is 9.59 Å². The molecule has 0 unspecified atom stereocenters. The normalized spacial score (nSPS) is 12.5. The number of rotatable bonds is 5. The molecule has 0 rings (SSSR count). The predicted molar refractivity (Wildman–Crippen MR) is 38.7 cm³/mol. The van der Waals surface area contributed by atoms with Gasteiger partial charge in [0.05, 0.1) is 0 Å². The van der Waals surface area contributed by atoms with Gasteiger partial charge >= 0.3 is 5.97 Å². The highest BCUT2D eigenvalue weighted by atomic mass is 16.4. The molecule has 1 atom stereocenters. The van der Waals surface area contributed by atoms with Crippen molar-refractivity contribution in [1.29, 1.82) is 0 Å². The summed E-state index contributed by atoms with van der Waals surface area (Å²) in [5, 5.41) is 8.31. The molecule has 64 valence electrons. The second kappa shape index (κ2) is 4.68. The zero-order chi connectivity index (χ0) is 8.85. The molecule has 0 aliphatic rings. The van der Waals surface area contributed by atoms with Gasteiger partial charge in [0.1, 0.15) is 6.04 Å². The molecule has 11 heavy (non-hydrogen) atoms. The summed E-state index contributed by atoms with van der Waals surface area (Å²) in [6.07, 6.45) is 0.919. The summed E-state index contributed by atoms with van der Waals surface area (Å²) in [6.45, 7) is 0. The molecule has 0 bridgehead atoms. The highest BCUT2D eigenvalue weighted by Crippen LogP contribution is 1.97. The van der Waals surface area contributed by atoms with Crippen molar-refractivity contribution in [2.45, 2.75) is 25.3 Å². The molecule has 5 heteroatoms. The molecular weight excluding hydrogens is 148 g/mol. The number of hydrogen-bond donors (Lipinski definition) is 3. The highest BCUT2D eigenvalue weighted by Gasteiger charge is 2.10. The van der Waals surface area contributed by atoms with Crippen LogP contribution in [0, 0.1) is 0 Å². The topological polar surface area (TPSA) is 106 Å². The van der Waals surface area contributed by atoms with Gasteiger partial charge < -0.3 is 16.6 Å². The molecule has 0 saturated heterocycles. The van der Waals surface area contributed by atoms with E-state index in [2.05, 4.69) is 0 Å². The molecule has 0 heterocycles. The third-order valence-electron chi connectivity index (χ3n) is 1.26. The fraction of sp³-hybridized carbons (Fsp3) is 0.667. The summed E-state index contributed by atoms with van der Waals surface area (Å²) < 4.78 is 0. The SMILES string of the molecule is NC(=O)CCC[C@@H](N)C(=O)O. The zero-order valence-electron chi connectivity index (χ0n) is 6.12. The first kappa shape index (κ1) is 9.90. The Balaban J connectivity index is 3.39. The number of nitrogens with two attached hydrogens (primary N) is 2. The third kappa shape index (κ3) is 5.35. The Kier molecular flexibility index (Phi) is 4.21. The van der Waals surface area contributed by atoms with Gasteiger partial charge in [-0.05, 0) is 12.8 Å². The Morgan fingerprint density at radius 2 is 2.00 bits per heavy atom. The lowest BCUT2D eigenvalue weighted by Gasteiger charge is -2.03. The van der Waals surface area contributed by atoms with Crippen molar-refractivity contribution in [3.63, 3.8) is 0 Å². The van der Waals surface area contributed by atoms with E-state index in [1.165, 1.54) is 0 Å². The van der Waals surface area contributed by atoms with Crippen molar-refractivity contribution in [2.24, 2.45) is 11.5 Å². The van der Waals surface area contributed by atoms with Crippen LogP contribution in [-0.2, 0) is 9.59 Å². The number of carbonyl (C=O) groups excluding carboxylic acids is 1. The quantitative estimate of drug-likeness (QED) is 0.482. The van der Waals surface area contributed by atoms with Gasteiger partial charge in [-0.15, -0.1) is 0 Å². The van der Waals surface area contributed by atoms with Crippen LogP contribution in [0.4, 0.5) is 0 Å². The molecule has 5 N–H and O–H groups in total. The fourth-order valence-electron chi connectivity index (χ4n) is 0.620. The highest BCUT2D eigenvalue weighted by molar-refractivity contribution is 5.74. The predicted octanol–water partition coefficient (Wildman–Crippen LogP) is -0.946. The van der Waals surface area contributed by atoms with Crippen molar-refractivity contribution < 1.29 is 14.7 Å². The minimum atomic E-state index is -1.05. The Labute approximate surface area is 64.4 Å². The second-order valence-corrected chi connectivity index (χ2v) is 2.30. The van der Waals surface area contributed by atoms with Crippen LogP contribution in [-0.4, -0.2) is 23.0 Å². The van der Waals surface area contributed by atoms with E-state index in [0.29, 0.717) is 6.42 Å². The lowest BCUT2D eigenvalue weighted by atomic mass is 10.1. The Morgan fingerprint density at radius 1 is 1.45 bits per heavy atom. The van der Waals surface area contributed by atoms with Crippen LogP contribution in [0.1, 0.15) is 19.3 Å². The smallest absolute Gasteiger partial charge is 0.320 e. The maximum atomic E-state index is 10.2. The average Bonchev–Trinajstić information content (AvgIpc) is 1.86. The van der Waals surface area contributed by atoms with Crippen LogP contribution in [0.15, 0.2) is 0 Å². The molecule has 1 amide bonds. The van der Waals surface area contributed by atoms with Crippen LogP contribution in [0.3, 0.4) is 0 Å². The van der Waals surface area contributed by atoms with Crippen molar-refractivity contribution in [2.75, 3.05) is 0 Å². The third-order valence-corrected chi connectivity index (χ3v) is 1.26. The molecular formula is C6H12N2O3. The van der Waals surface area contributed by atoms with Crippen molar-refractivity contribution in [3.05, 3.63) is 0 Å². The average molecular weight is 160 g/mol. The summed E-state index contributed by atoms with van der Waals surface area (Å²) in [4.78, 5) is 20.3. The first-order valence-corrected chi connectivity index (χ1v) is 3.30. The molecule has 5 nitrogen and oxygen atoms in total. The van der Waals surface area contributed by atoms with Gasteiger partial charge in [-0.2, -0.15) is 0 Å². The number of carboxylic acid groups (broad SMARTS) is 1. The second-order valence-electron chi connectivity index (χ2n) is 2.30. The zero-order valence-corrected chi connectivity index (χ0v) is 6.12. The molecule has 0 aromatic carbocycles. The number of carbonyl (C=O) groups is 2. The van der Waals surface area contributed by atoms with Crippen LogP contribution in [0.2, 0.25) is 0 Å². The lowest BCUT2D eigenvalue weighted by molar-refractivity contribution is -0.138. The summed E-state index contributed by atoms with van der Waals surface area (Å²) in [5.41, 5.74) is 9.98. The van der Waals surface area contributed by atoms with E-state index < -0.39 is 17.9 Å². The lowest BCUT2D eigenvalue weighted by Crippen LogP contribution is -2.30. The number of aliphatic carboxylic acids is 1. The van der Waals surface area contributed by atoms with Gasteiger partial charge in [0.25, 0.3) is 0 Å². The molecule has 0 spiro atoms. The summed E-state index contributed by atoms with van der Waals surface area (Å²) in [5.74, 6) is -1.47. The Hall–Kier alpha value is -1.10. The first-order valence-electron chi connectivity index (χ1n) is 3.30. The Morgan fingerprint density at radius 3 is 2.36 bits per heavy atom.